The molecule has 1 N–H and O–H groups in total. The van der Waals surface area contributed by atoms with E-state index in [-0.39, 0.29) is 16.4 Å². The number of Topliss-reactive ketones (excluding diaryl/α,β-unsaturated/α-hetero) is 1. The first kappa shape index (κ1) is 21.7. The minimum atomic E-state index is -0.774. The van der Waals surface area contributed by atoms with Crippen molar-refractivity contribution in [2.45, 2.75) is 19.4 Å². The van der Waals surface area contributed by atoms with Crippen LogP contribution in [0.15, 0.2) is 78.4 Å². The van der Waals surface area contributed by atoms with Crippen LogP contribution >= 0.6 is 11.6 Å². The number of carbonyl (C=O) groups is 2. The Morgan fingerprint density at radius 3 is 2.31 bits per heavy atom. The molecule has 3 aromatic carbocycles. The second-order valence-corrected chi connectivity index (χ2v) is 7.86. The molecule has 5 nitrogen and oxygen atoms in total. The van der Waals surface area contributed by atoms with Crippen molar-refractivity contribution in [1.82, 2.24) is 0 Å². The van der Waals surface area contributed by atoms with Gasteiger partial charge in [-0.25, -0.2) is 0 Å². The van der Waals surface area contributed by atoms with Crippen molar-refractivity contribution in [1.29, 1.82) is 0 Å². The van der Waals surface area contributed by atoms with Gasteiger partial charge in [0.2, 0.25) is 0 Å². The molecule has 1 fully saturated rings. The minimum absolute atomic E-state index is 0.0157. The fourth-order valence-corrected chi connectivity index (χ4v) is 4.17. The third-order valence-corrected chi connectivity index (χ3v) is 5.90. The Bertz CT molecular complexity index is 1200. The van der Waals surface area contributed by atoms with E-state index < -0.39 is 17.7 Å². The van der Waals surface area contributed by atoms with Crippen LogP contribution in [0.5, 0.6) is 5.75 Å². The molecule has 162 valence electrons. The minimum Gasteiger partial charge on any atom is -0.507 e. The fourth-order valence-electron chi connectivity index (χ4n) is 3.91. The summed E-state index contributed by atoms with van der Waals surface area (Å²) in [5.41, 5.74) is 2.77. The summed E-state index contributed by atoms with van der Waals surface area (Å²) in [6, 6.07) is 20.6. The van der Waals surface area contributed by atoms with E-state index in [0.29, 0.717) is 22.6 Å². The molecule has 4 rings (SSSR count). The topological polar surface area (TPSA) is 66.8 Å². The number of hydrogen-bond acceptors (Lipinski definition) is 4. The molecular weight excluding hydrogens is 426 g/mol. The Hall–Kier alpha value is -3.57. The Morgan fingerprint density at radius 2 is 1.72 bits per heavy atom. The molecule has 1 heterocycles. The largest absolute Gasteiger partial charge is 0.507 e. The number of rotatable bonds is 5. The van der Waals surface area contributed by atoms with Gasteiger partial charge in [-0.1, -0.05) is 61.0 Å². The lowest BCUT2D eigenvalue weighted by Gasteiger charge is -2.25. The van der Waals surface area contributed by atoms with Crippen molar-refractivity contribution in [3.8, 4) is 5.75 Å². The van der Waals surface area contributed by atoms with Gasteiger partial charge in [0.25, 0.3) is 11.7 Å². The highest BCUT2D eigenvalue weighted by Crippen LogP contribution is 2.42. The van der Waals surface area contributed by atoms with Crippen LogP contribution in [0, 0.1) is 0 Å². The van der Waals surface area contributed by atoms with Crippen molar-refractivity contribution in [3.05, 3.63) is 100 Å². The summed E-state index contributed by atoms with van der Waals surface area (Å²) in [7, 11) is 1.49. The van der Waals surface area contributed by atoms with Gasteiger partial charge >= 0.3 is 0 Å². The van der Waals surface area contributed by atoms with Gasteiger partial charge in [-0.3, -0.25) is 14.5 Å². The van der Waals surface area contributed by atoms with Gasteiger partial charge in [-0.15, -0.1) is 0 Å². The lowest BCUT2D eigenvalue weighted by Crippen LogP contribution is -2.29. The first-order chi connectivity index (χ1) is 15.5. The van der Waals surface area contributed by atoms with E-state index in [1.165, 1.54) is 18.1 Å². The Labute approximate surface area is 191 Å². The number of methoxy groups -OCH3 is 1. The lowest BCUT2D eigenvalue weighted by atomic mass is 9.95. The molecule has 0 aromatic heterocycles. The van der Waals surface area contributed by atoms with E-state index in [1.54, 1.807) is 12.1 Å². The van der Waals surface area contributed by atoms with Crippen molar-refractivity contribution in [2.75, 3.05) is 12.0 Å². The maximum atomic E-state index is 13.2. The van der Waals surface area contributed by atoms with Crippen LogP contribution in [0.4, 0.5) is 5.69 Å². The predicted octanol–water partition coefficient (Wildman–Crippen LogP) is 5.54. The highest BCUT2D eigenvalue weighted by molar-refractivity contribution is 6.51. The van der Waals surface area contributed by atoms with Crippen LogP contribution in [0.25, 0.3) is 5.76 Å². The number of anilines is 1. The Morgan fingerprint density at radius 1 is 1.03 bits per heavy atom. The summed E-state index contributed by atoms with van der Waals surface area (Å²) in [6.45, 7) is 2.05. The van der Waals surface area contributed by atoms with E-state index in [2.05, 4.69) is 0 Å². The van der Waals surface area contributed by atoms with Crippen LogP contribution in [-0.2, 0) is 16.0 Å². The molecule has 6 heteroatoms. The van der Waals surface area contributed by atoms with Gasteiger partial charge in [-0.05, 0) is 47.9 Å². The summed E-state index contributed by atoms with van der Waals surface area (Å²) in [6.07, 6.45) is 0.861. The number of nitrogens with zero attached hydrogens (tertiary/aromatic N) is 1. The van der Waals surface area contributed by atoms with Gasteiger partial charge in [0, 0.05) is 11.3 Å². The molecule has 0 spiro atoms. The van der Waals surface area contributed by atoms with Crippen molar-refractivity contribution >= 4 is 34.7 Å². The molecule has 32 heavy (non-hydrogen) atoms. The second kappa shape index (κ2) is 8.89. The molecule has 0 bridgehead atoms. The number of aliphatic hydroxyl groups is 1. The van der Waals surface area contributed by atoms with Gasteiger partial charge in [0.1, 0.15) is 11.5 Å². The summed E-state index contributed by atoms with van der Waals surface area (Å²) in [5, 5.41) is 11.4. The first-order valence-corrected chi connectivity index (χ1v) is 10.6. The standard InChI is InChI=1S/C26H22ClNO4/c1-3-16-9-12-19(13-10-16)28-23(17-7-5-4-6-8-17)22(25(30)26(28)31)24(29)18-11-14-21(32-2)20(27)15-18/h4-15,23,29H,3H2,1-2H3/b24-22-. The monoisotopic (exact) mass is 447 g/mol. The smallest absolute Gasteiger partial charge is 0.300 e. The lowest BCUT2D eigenvalue weighted by molar-refractivity contribution is -0.132. The molecular formula is C26H22ClNO4. The van der Waals surface area contributed by atoms with Gasteiger partial charge in [0.05, 0.1) is 23.7 Å². The predicted molar refractivity (Wildman–Crippen MR) is 125 cm³/mol. The van der Waals surface area contributed by atoms with Crippen molar-refractivity contribution in [3.63, 3.8) is 0 Å². The number of amides is 1. The first-order valence-electron chi connectivity index (χ1n) is 10.2. The van der Waals surface area contributed by atoms with E-state index in [4.69, 9.17) is 16.3 Å². The molecule has 1 aliphatic heterocycles. The molecule has 1 saturated heterocycles. The van der Waals surface area contributed by atoms with Crippen LogP contribution < -0.4 is 9.64 Å². The second-order valence-electron chi connectivity index (χ2n) is 7.45. The van der Waals surface area contributed by atoms with Crippen LogP contribution in [0.3, 0.4) is 0 Å². The van der Waals surface area contributed by atoms with Gasteiger partial charge in [0.15, 0.2) is 0 Å². The molecule has 3 aromatic rings. The number of carbonyl (C=O) groups excluding carboxylic acids is 2. The molecule has 0 aliphatic carbocycles. The number of aryl methyl sites for hydroxylation is 1. The third kappa shape index (κ3) is 3.76. The van der Waals surface area contributed by atoms with Crippen molar-refractivity contribution < 1.29 is 19.4 Å². The molecule has 1 unspecified atom stereocenters. The maximum Gasteiger partial charge on any atom is 0.300 e. The Kier molecular flexibility index (Phi) is 6.01. The quantitative estimate of drug-likeness (QED) is 0.317. The number of ketones is 1. The SMILES string of the molecule is CCc1ccc(N2C(=O)C(=O)/C(=C(\O)c3ccc(OC)c(Cl)c3)C2c2ccccc2)cc1. The van der Waals surface area contributed by atoms with E-state index in [9.17, 15) is 14.7 Å². The van der Waals surface area contributed by atoms with E-state index in [1.807, 2.05) is 61.5 Å². The fraction of sp³-hybridized carbons (Fsp3) is 0.154. The van der Waals surface area contributed by atoms with Gasteiger partial charge < -0.3 is 9.84 Å². The van der Waals surface area contributed by atoms with Gasteiger partial charge in [-0.2, -0.15) is 0 Å². The van der Waals surface area contributed by atoms with Crippen LogP contribution in [0.1, 0.15) is 29.7 Å². The number of hydrogen-bond donors (Lipinski definition) is 1. The zero-order valence-corrected chi connectivity index (χ0v) is 18.5. The summed E-state index contributed by atoms with van der Waals surface area (Å²) in [4.78, 5) is 27.7. The maximum absolute atomic E-state index is 13.2. The van der Waals surface area contributed by atoms with Crippen LogP contribution in [0.2, 0.25) is 5.02 Å². The van der Waals surface area contributed by atoms with Crippen molar-refractivity contribution in [2.24, 2.45) is 0 Å². The highest BCUT2D eigenvalue weighted by atomic mass is 35.5. The molecule has 1 aliphatic rings. The number of aliphatic hydroxyl groups excluding tert-OH is 1. The highest BCUT2D eigenvalue weighted by Gasteiger charge is 2.46. The molecule has 1 amide bonds. The molecule has 0 radical (unpaired) electrons. The normalized spacial score (nSPS) is 17.6. The summed E-state index contributed by atoms with van der Waals surface area (Å²) < 4.78 is 5.17. The average molecular weight is 448 g/mol. The third-order valence-electron chi connectivity index (χ3n) is 5.61. The molecule has 1 atom stereocenters. The number of halogens is 1. The number of benzene rings is 3. The van der Waals surface area contributed by atoms with E-state index in [0.717, 1.165) is 12.0 Å². The molecule has 0 saturated carbocycles. The zero-order valence-electron chi connectivity index (χ0n) is 17.7. The zero-order chi connectivity index (χ0) is 22.8. The van der Waals surface area contributed by atoms with E-state index >= 15 is 0 Å². The summed E-state index contributed by atoms with van der Waals surface area (Å²) in [5.74, 6) is -1.28. The Balaban J connectivity index is 1.90. The summed E-state index contributed by atoms with van der Waals surface area (Å²) >= 11 is 6.23. The number of ether oxygens (including phenoxy) is 1. The average Bonchev–Trinajstić information content (AvgIpc) is 3.09. The van der Waals surface area contributed by atoms with Crippen LogP contribution in [-0.4, -0.2) is 23.9 Å².